The first-order chi connectivity index (χ1) is 14.9. The molecule has 1 aliphatic rings. The first-order valence-corrected chi connectivity index (χ1v) is 10.1. The molecule has 1 atom stereocenters. The Balaban J connectivity index is 1.76. The molecule has 2 aromatic rings. The van der Waals surface area contributed by atoms with Gasteiger partial charge in [-0.25, -0.2) is 4.39 Å². The van der Waals surface area contributed by atoms with Gasteiger partial charge in [-0.05, 0) is 37.6 Å². The zero-order valence-electron chi connectivity index (χ0n) is 17.5. The molecule has 0 bridgehead atoms. The van der Waals surface area contributed by atoms with E-state index in [1.165, 1.54) is 17.0 Å². The predicted molar refractivity (Wildman–Crippen MR) is 115 cm³/mol. The van der Waals surface area contributed by atoms with Gasteiger partial charge in [0.05, 0.1) is 6.54 Å². The average Bonchev–Trinajstić information content (AvgIpc) is 3.08. The standard InChI is InChI=1S/C22H26FN5O3/c1-3-26-18-10-13(19(24)25)8-9-14(18)11-27-20(29)22(31-4-2)28-12-16-15(21(28)30)6-5-7-17(16)23/h5-10,22,26H,3-4,11-12H2,1-2H3,(H3,24,25)(H,27,29). The Morgan fingerprint density at radius 3 is 2.74 bits per heavy atom. The lowest BCUT2D eigenvalue weighted by Crippen LogP contribution is -2.48. The summed E-state index contributed by atoms with van der Waals surface area (Å²) in [7, 11) is 0. The van der Waals surface area contributed by atoms with E-state index in [4.69, 9.17) is 15.9 Å². The van der Waals surface area contributed by atoms with Crippen molar-refractivity contribution in [2.24, 2.45) is 5.73 Å². The van der Waals surface area contributed by atoms with Gasteiger partial charge in [-0.3, -0.25) is 15.0 Å². The second kappa shape index (κ2) is 9.57. The number of hydrogen-bond acceptors (Lipinski definition) is 5. The first-order valence-electron chi connectivity index (χ1n) is 10.1. The van der Waals surface area contributed by atoms with Crippen molar-refractivity contribution in [3.8, 4) is 0 Å². The first kappa shape index (κ1) is 22.2. The van der Waals surface area contributed by atoms with Crippen molar-refractivity contribution in [1.29, 1.82) is 5.41 Å². The second-order valence-corrected chi connectivity index (χ2v) is 7.04. The summed E-state index contributed by atoms with van der Waals surface area (Å²) in [5.41, 5.74) is 8.17. The lowest BCUT2D eigenvalue weighted by Gasteiger charge is -2.26. The van der Waals surface area contributed by atoms with Gasteiger partial charge in [-0.15, -0.1) is 0 Å². The van der Waals surface area contributed by atoms with Crippen molar-refractivity contribution < 1.29 is 18.7 Å². The Morgan fingerprint density at radius 2 is 2.10 bits per heavy atom. The van der Waals surface area contributed by atoms with Crippen LogP contribution in [0.25, 0.3) is 0 Å². The smallest absolute Gasteiger partial charge is 0.270 e. The van der Waals surface area contributed by atoms with E-state index in [1.54, 1.807) is 31.2 Å². The van der Waals surface area contributed by atoms with Crippen molar-refractivity contribution in [2.75, 3.05) is 18.5 Å². The minimum atomic E-state index is -1.18. The quantitative estimate of drug-likeness (QED) is 0.361. The molecule has 0 aliphatic carbocycles. The van der Waals surface area contributed by atoms with Crippen LogP contribution in [0.1, 0.15) is 40.9 Å². The summed E-state index contributed by atoms with van der Waals surface area (Å²) in [4.78, 5) is 26.9. The SMILES string of the molecule is CCNc1cc(C(=N)N)ccc1CNC(=O)C(OCC)N1Cc2c(F)cccc2C1=O. The van der Waals surface area contributed by atoms with E-state index in [2.05, 4.69) is 10.6 Å². The largest absolute Gasteiger partial charge is 0.385 e. The van der Waals surface area contributed by atoms with Crippen LogP contribution in [0.3, 0.4) is 0 Å². The number of halogens is 1. The summed E-state index contributed by atoms with van der Waals surface area (Å²) in [6.45, 7) is 4.65. The summed E-state index contributed by atoms with van der Waals surface area (Å²) in [5.74, 6) is -1.47. The van der Waals surface area contributed by atoms with Crippen LogP contribution in [-0.4, -0.2) is 41.9 Å². The number of carbonyl (C=O) groups is 2. The Bertz CT molecular complexity index is 1010. The van der Waals surface area contributed by atoms with Crippen LogP contribution in [0.4, 0.5) is 10.1 Å². The predicted octanol–water partition coefficient (Wildman–Crippen LogP) is 2.18. The lowest BCUT2D eigenvalue weighted by atomic mass is 10.1. The highest BCUT2D eigenvalue weighted by molar-refractivity contribution is 6.01. The highest BCUT2D eigenvalue weighted by Gasteiger charge is 2.38. The molecule has 0 radical (unpaired) electrons. The molecule has 1 heterocycles. The minimum Gasteiger partial charge on any atom is -0.385 e. The number of amides is 2. The highest BCUT2D eigenvalue weighted by atomic mass is 19.1. The van der Waals surface area contributed by atoms with Gasteiger partial charge < -0.3 is 26.0 Å². The topological polar surface area (TPSA) is 121 Å². The highest BCUT2D eigenvalue weighted by Crippen LogP contribution is 2.27. The number of nitrogens with one attached hydrogen (secondary N) is 3. The fourth-order valence-corrected chi connectivity index (χ4v) is 3.49. The number of amidine groups is 1. The maximum atomic E-state index is 14.1. The molecule has 5 N–H and O–H groups in total. The van der Waals surface area contributed by atoms with Gasteiger partial charge in [-0.1, -0.05) is 18.2 Å². The number of hydrogen-bond donors (Lipinski definition) is 4. The molecule has 3 rings (SSSR count). The number of fused-ring (bicyclic) bond motifs is 1. The molecule has 0 saturated heterocycles. The van der Waals surface area contributed by atoms with E-state index < -0.39 is 23.9 Å². The van der Waals surface area contributed by atoms with Crippen molar-refractivity contribution >= 4 is 23.3 Å². The Hall–Kier alpha value is -3.46. The molecule has 164 valence electrons. The lowest BCUT2D eigenvalue weighted by molar-refractivity contribution is -0.143. The number of nitrogens with zero attached hydrogens (tertiary/aromatic N) is 1. The maximum Gasteiger partial charge on any atom is 0.270 e. The Kier molecular flexibility index (Phi) is 6.86. The van der Waals surface area contributed by atoms with E-state index in [1.807, 2.05) is 6.92 Å². The molecule has 2 aromatic carbocycles. The zero-order valence-corrected chi connectivity index (χ0v) is 17.5. The summed E-state index contributed by atoms with van der Waals surface area (Å²) in [6.07, 6.45) is -1.18. The maximum absolute atomic E-state index is 14.1. The summed E-state index contributed by atoms with van der Waals surface area (Å²) in [5, 5.41) is 13.6. The van der Waals surface area contributed by atoms with E-state index >= 15 is 0 Å². The number of rotatable bonds is 9. The number of nitrogen functional groups attached to an aromatic ring is 1. The second-order valence-electron chi connectivity index (χ2n) is 7.04. The van der Waals surface area contributed by atoms with Crippen molar-refractivity contribution in [1.82, 2.24) is 10.2 Å². The third kappa shape index (κ3) is 4.66. The number of anilines is 1. The van der Waals surface area contributed by atoms with Crippen molar-refractivity contribution in [3.05, 3.63) is 64.5 Å². The monoisotopic (exact) mass is 427 g/mol. The Labute approximate surface area is 180 Å². The molecule has 1 unspecified atom stereocenters. The molecule has 8 nitrogen and oxygen atoms in total. The van der Waals surface area contributed by atoms with E-state index in [0.717, 1.165) is 11.3 Å². The third-order valence-corrected chi connectivity index (χ3v) is 5.01. The molecule has 1 aliphatic heterocycles. The van der Waals surface area contributed by atoms with Crippen LogP contribution in [0.2, 0.25) is 0 Å². The molecule has 0 fully saturated rings. The zero-order chi connectivity index (χ0) is 22.5. The molecule has 2 amide bonds. The normalized spacial score (nSPS) is 13.6. The van der Waals surface area contributed by atoms with Gasteiger partial charge in [0, 0.05) is 42.1 Å². The number of ether oxygens (including phenoxy) is 1. The number of nitrogens with two attached hydrogens (primary N) is 1. The van der Waals surface area contributed by atoms with E-state index in [-0.39, 0.29) is 36.7 Å². The van der Waals surface area contributed by atoms with Crippen LogP contribution >= 0.6 is 0 Å². The van der Waals surface area contributed by atoms with Gasteiger partial charge in [-0.2, -0.15) is 0 Å². The molecule has 31 heavy (non-hydrogen) atoms. The van der Waals surface area contributed by atoms with E-state index in [0.29, 0.717) is 12.1 Å². The van der Waals surface area contributed by atoms with Gasteiger partial charge in [0.2, 0.25) is 6.23 Å². The minimum absolute atomic E-state index is 0.0329. The van der Waals surface area contributed by atoms with Crippen LogP contribution in [0.15, 0.2) is 36.4 Å². The molecule has 0 spiro atoms. The van der Waals surface area contributed by atoms with Crippen LogP contribution in [-0.2, 0) is 22.6 Å². The fourth-order valence-electron chi connectivity index (χ4n) is 3.49. The van der Waals surface area contributed by atoms with Gasteiger partial charge in [0.15, 0.2) is 0 Å². The van der Waals surface area contributed by atoms with Gasteiger partial charge in [0.1, 0.15) is 11.7 Å². The van der Waals surface area contributed by atoms with Crippen LogP contribution < -0.4 is 16.4 Å². The molecule has 9 heteroatoms. The molecular formula is C22H26FN5O3. The summed E-state index contributed by atoms with van der Waals surface area (Å²) in [6, 6.07) is 9.53. The third-order valence-electron chi connectivity index (χ3n) is 5.01. The van der Waals surface area contributed by atoms with Gasteiger partial charge >= 0.3 is 0 Å². The van der Waals surface area contributed by atoms with Crippen LogP contribution in [0, 0.1) is 11.2 Å². The molecule has 0 saturated carbocycles. The number of benzene rings is 2. The molecule has 0 aromatic heterocycles. The molecular weight excluding hydrogens is 401 g/mol. The summed E-state index contributed by atoms with van der Waals surface area (Å²) < 4.78 is 19.7. The van der Waals surface area contributed by atoms with Gasteiger partial charge in [0.25, 0.3) is 11.8 Å². The average molecular weight is 427 g/mol. The number of carbonyl (C=O) groups excluding carboxylic acids is 2. The van der Waals surface area contributed by atoms with Crippen LogP contribution in [0.5, 0.6) is 0 Å². The van der Waals surface area contributed by atoms with Crippen molar-refractivity contribution in [3.63, 3.8) is 0 Å². The fraction of sp³-hybridized carbons (Fsp3) is 0.318. The van der Waals surface area contributed by atoms with E-state index in [9.17, 15) is 14.0 Å². The van der Waals surface area contributed by atoms with Crippen molar-refractivity contribution in [2.45, 2.75) is 33.2 Å². The Morgan fingerprint density at radius 1 is 1.32 bits per heavy atom. The summed E-state index contributed by atoms with van der Waals surface area (Å²) >= 11 is 0.